The van der Waals surface area contributed by atoms with E-state index in [0.717, 1.165) is 9.13 Å². The molecule has 0 aliphatic rings. The van der Waals surface area contributed by atoms with Crippen molar-refractivity contribution in [3.8, 4) is 0 Å². The van der Waals surface area contributed by atoms with Crippen LogP contribution in [0, 0.1) is 10.5 Å². The van der Waals surface area contributed by atoms with Crippen LogP contribution in [0.15, 0.2) is 36.8 Å². The average molecular weight is 422 g/mol. The molecule has 3 aromatic rings. The molecule has 0 atom stereocenters. The molecular weight excluding hydrogens is 407 g/mol. The summed E-state index contributed by atoms with van der Waals surface area (Å²) in [6, 6.07) is 8.20. The van der Waals surface area contributed by atoms with Crippen LogP contribution < -0.4 is 5.32 Å². The van der Waals surface area contributed by atoms with E-state index < -0.39 is 0 Å². The van der Waals surface area contributed by atoms with Gasteiger partial charge in [0, 0.05) is 13.2 Å². The van der Waals surface area contributed by atoms with E-state index in [0.29, 0.717) is 12.2 Å². The van der Waals surface area contributed by atoms with Crippen molar-refractivity contribution in [3.05, 3.63) is 57.2 Å². The SMILES string of the molecule is Cc1ccc(Cn2cnc(NC(=O)c3nn(C)cc3I)n2)cc1. The molecule has 23 heavy (non-hydrogen) atoms. The van der Waals surface area contributed by atoms with E-state index in [-0.39, 0.29) is 11.9 Å². The number of nitrogens with zero attached hydrogens (tertiary/aromatic N) is 5. The minimum absolute atomic E-state index is 0.267. The second kappa shape index (κ2) is 6.49. The average Bonchev–Trinajstić information content (AvgIpc) is 3.07. The van der Waals surface area contributed by atoms with Crippen LogP contribution in [0.25, 0.3) is 0 Å². The number of hydrogen-bond acceptors (Lipinski definition) is 4. The van der Waals surface area contributed by atoms with Crippen LogP contribution in [0.4, 0.5) is 5.95 Å². The van der Waals surface area contributed by atoms with Gasteiger partial charge in [0.15, 0.2) is 5.69 Å². The number of halogens is 1. The molecule has 1 amide bonds. The Labute approximate surface area is 146 Å². The first-order valence-electron chi connectivity index (χ1n) is 6.97. The Bertz CT molecular complexity index is 836. The smallest absolute Gasteiger partial charge is 0.279 e. The van der Waals surface area contributed by atoms with E-state index in [9.17, 15) is 4.79 Å². The van der Waals surface area contributed by atoms with Crippen molar-refractivity contribution in [2.75, 3.05) is 5.32 Å². The Morgan fingerprint density at radius 3 is 2.65 bits per heavy atom. The van der Waals surface area contributed by atoms with Crippen LogP contribution in [0.1, 0.15) is 21.6 Å². The molecule has 0 aliphatic carbocycles. The third-order valence-electron chi connectivity index (χ3n) is 3.23. The Morgan fingerprint density at radius 1 is 1.26 bits per heavy atom. The summed E-state index contributed by atoms with van der Waals surface area (Å²) in [7, 11) is 1.77. The summed E-state index contributed by atoms with van der Waals surface area (Å²) in [5.41, 5.74) is 2.70. The van der Waals surface area contributed by atoms with Crippen molar-refractivity contribution < 1.29 is 4.79 Å². The fourth-order valence-electron chi connectivity index (χ4n) is 2.08. The Balaban J connectivity index is 1.68. The van der Waals surface area contributed by atoms with Crippen LogP contribution in [-0.2, 0) is 13.6 Å². The molecule has 0 saturated carbocycles. The molecule has 0 unspecified atom stereocenters. The van der Waals surface area contributed by atoms with Crippen LogP contribution in [0.3, 0.4) is 0 Å². The molecule has 3 rings (SSSR count). The lowest BCUT2D eigenvalue weighted by molar-refractivity contribution is 0.102. The summed E-state index contributed by atoms with van der Waals surface area (Å²) in [5, 5.41) is 11.1. The first kappa shape index (κ1) is 15.7. The van der Waals surface area contributed by atoms with Crippen LogP contribution in [0.2, 0.25) is 0 Å². The van der Waals surface area contributed by atoms with Gasteiger partial charge in [0.25, 0.3) is 5.91 Å². The highest BCUT2D eigenvalue weighted by Crippen LogP contribution is 2.11. The zero-order valence-corrected chi connectivity index (χ0v) is 14.9. The molecule has 1 N–H and O–H groups in total. The van der Waals surface area contributed by atoms with Gasteiger partial charge in [-0.3, -0.25) is 14.8 Å². The predicted molar refractivity (Wildman–Crippen MR) is 94.2 cm³/mol. The molecule has 2 heterocycles. The summed E-state index contributed by atoms with van der Waals surface area (Å²) in [5.74, 6) is -0.0494. The van der Waals surface area contributed by atoms with Crippen LogP contribution in [0.5, 0.6) is 0 Å². The number of aryl methyl sites for hydroxylation is 2. The van der Waals surface area contributed by atoms with E-state index in [2.05, 4.69) is 55.2 Å². The molecule has 118 valence electrons. The highest BCUT2D eigenvalue weighted by molar-refractivity contribution is 14.1. The minimum Gasteiger partial charge on any atom is -0.288 e. The van der Waals surface area contributed by atoms with Crippen molar-refractivity contribution in [2.24, 2.45) is 7.05 Å². The predicted octanol–water partition coefficient (Wildman–Crippen LogP) is 2.23. The van der Waals surface area contributed by atoms with Gasteiger partial charge in [-0.2, -0.15) is 5.10 Å². The summed E-state index contributed by atoms with van der Waals surface area (Å²) < 4.78 is 4.06. The van der Waals surface area contributed by atoms with Gasteiger partial charge in [-0.05, 0) is 35.1 Å². The van der Waals surface area contributed by atoms with Crippen molar-refractivity contribution in [1.82, 2.24) is 24.5 Å². The Hall–Kier alpha value is -2.23. The molecule has 0 spiro atoms. The van der Waals surface area contributed by atoms with Gasteiger partial charge in [-0.1, -0.05) is 29.8 Å². The van der Waals surface area contributed by atoms with Gasteiger partial charge < -0.3 is 0 Å². The zero-order chi connectivity index (χ0) is 16.4. The number of amides is 1. The van der Waals surface area contributed by atoms with Crippen molar-refractivity contribution in [1.29, 1.82) is 0 Å². The fourth-order valence-corrected chi connectivity index (χ4v) is 2.84. The van der Waals surface area contributed by atoms with Crippen molar-refractivity contribution in [3.63, 3.8) is 0 Å². The maximum absolute atomic E-state index is 12.2. The highest BCUT2D eigenvalue weighted by Gasteiger charge is 2.16. The molecule has 1 aromatic carbocycles. The van der Waals surface area contributed by atoms with Gasteiger partial charge in [-0.15, -0.1) is 5.10 Å². The summed E-state index contributed by atoms with van der Waals surface area (Å²) >= 11 is 2.07. The molecule has 0 bridgehead atoms. The number of anilines is 1. The topological polar surface area (TPSA) is 77.6 Å². The van der Waals surface area contributed by atoms with E-state index in [1.54, 1.807) is 28.9 Å². The molecule has 7 nitrogen and oxygen atoms in total. The molecule has 2 aromatic heterocycles. The van der Waals surface area contributed by atoms with Gasteiger partial charge >= 0.3 is 0 Å². The molecule has 0 radical (unpaired) electrons. The first-order valence-corrected chi connectivity index (χ1v) is 8.04. The summed E-state index contributed by atoms with van der Waals surface area (Å²) in [6.45, 7) is 2.65. The second-order valence-corrected chi connectivity index (χ2v) is 6.37. The highest BCUT2D eigenvalue weighted by atomic mass is 127. The lowest BCUT2D eigenvalue weighted by Crippen LogP contribution is -2.15. The van der Waals surface area contributed by atoms with Gasteiger partial charge in [-0.25, -0.2) is 9.67 Å². The Kier molecular flexibility index (Phi) is 4.42. The fraction of sp³-hybridized carbons (Fsp3) is 0.200. The summed E-state index contributed by atoms with van der Waals surface area (Å²) in [4.78, 5) is 16.3. The number of nitrogens with one attached hydrogen (secondary N) is 1. The molecule has 8 heteroatoms. The molecule has 0 fully saturated rings. The van der Waals surface area contributed by atoms with E-state index in [4.69, 9.17) is 0 Å². The van der Waals surface area contributed by atoms with E-state index in [1.807, 2.05) is 19.1 Å². The Morgan fingerprint density at radius 2 is 2.00 bits per heavy atom. The quantitative estimate of drug-likeness (QED) is 0.655. The number of rotatable bonds is 4. The third-order valence-corrected chi connectivity index (χ3v) is 4.02. The van der Waals surface area contributed by atoms with Gasteiger partial charge in [0.1, 0.15) is 6.33 Å². The number of aromatic nitrogens is 5. The lowest BCUT2D eigenvalue weighted by Gasteiger charge is -2.01. The maximum Gasteiger partial charge on any atom is 0.279 e. The van der Waals surface area contributed by atoms with Gasteiger partial charge in [0.2, 0.25) is 5.95 Å². The largest absolute Gasteiger partial charge is 0.288 e. The number of carbonyl (C=O) groups excluding carboxylic acids is 1. The molecular formula is C15H15IN6O. The maximum atomic E-state index is 12.2. The monoisotopic (exact) mass is 422 g/mol. The van der Waals surface area contributed by atoms with Crippen LogP contribution >= 0.6 is 22.6 Å². The third kappa shape index (κ3) is 3.76. The molecule has 0 aliphatic heterocycles. The van der Waals surface area contributed by atoms with Crippen LogP contribution in [-0.4, -0.2) is 30.5 Å². The van der Waals surface area contributed by atoms with Crippen molar-refractivity contribution >= 4 is 34.4 Å². The first-order chi connectivity index (χ1) is 11.0. The lowest BCUT2D eigenvalue weighted by atomic mass is 10.1. The zero-order valence-electron chi connectivity index (χ0n) is 12.7. The number of hydrogen-bond donors (Lipinski definition) is 1. The van der Waals surface area contributed by atoms with E-state index >= 15 is 0 Å². The second-order valence-electron chi connectivity index (χ2n) is 5.20. The number of carbonyl (C=O) groups is 1. The molecule has 0 saturated heterocycles. The van der Waals surface area contributed by atoms with E-state index in [1.165, 1.54) is 5.56 Å². The van der Waals surface area contributed by atoms with Gasteiger partial charge in [0.05, 0.1) is 10.1 Å². The standard InChI is InChI=1S/C15H15IN6O/c1-10-3-5-11(6-4-10)7-22-9-17-15(20-22)18-14(23)13-12(16)8-21(2)19-13/h3-6,8-9H,7H2,1-2H3,(H,18,20,23). The summed E-state index contributed by atoms with van der Waals surface area (Å²) in [6.07, 6.45) is 3.37. The number of benzene rings is 1. The van der Waals surface area contributed by atoms with Crippen molar-refractivity contribution in [2.45, 2.75) is 13.5 Å². The minimum atomic E-state index is -0.317. The normalized spacial score (nSPS) is 10.7.